The first-order chi connectivity index (χ1) is 15.9. The molecule has 1 aliphatic carbocycles. The number of hydrogen-bond donors (Lipinski definition) is 2. The van der Waals surface area contributed by atoms with Gasteiger partial charge < -0.3 is 15.2 Å². The Kier molecular flexibility index (Phi) is 4.08. The molecule has 3 aromatic rings. The third kappa shape index (κ3) is 2.77. The molecule has 2 N–H and O–H groups in total. The van der Waals surface area contributed by atoms with Gasteiger partial charge in [0.25, 0.3) is 0 Å². The number of fused-ring (bicyclic) bond motifs is 5. The standard InChI is InChI=1S/C27H19NO5/c1-13-10-20(30)33-27(13)24-16-7-3-2-6-14(16)11-15-12-19(29)21-22(23(15)28-24)26(32)18-9-5-4-8-17(18)25(21)31/h2-10,12,24,27-29H,11H2,1H3/t24-,27-/m0/s1. The molecule has 2 aliphatic heterocycles. The summed E-state index contributed by atoms with van der Waals surface area (Å²) in [5, 5.41) is 14.3. The van der Waals surface area contributed by atoms with E-state index in [1.165, 1.54) is 6.08 Å². The Labute approximate surface area is 189 Å². The number of rotatable bonds is 1. The zero-order valence-corrected chi connectivity index (χ0v) is 17.7. The van der Waals surface area contributed by atoms with Gasteiger partial charge in [0.1, 0.15) is 11.9 Å². The molecule has 2 atom stereocenters. The van der Waals surface area contributed by atoms with Gasteiger partial charge in [-0.05, 0) is 41.7 Å². The summed E-state index contributed by atoms with van der Waals surface area (Å²) in [4.78, 5) is 38.9. The number of cyclic esters (lactones) is 1. The average Bonchev–Trinajstić information content (AvgIpc) is 3.05. The van der Waals surface area contributed by atoms with Crippen LogP contribution in [0.4, 0.5) is 5.69 Å². The molecule has 0 radical (unpaired) electrons. The molecule has 162 valence electrons. The van der Waals surface area contributed by atoms with Gasteiger partial charge in [-0.1, -0.05) is 48.5 Å². The minimum absolute atomic E-state index is 0.00494. The molecule has 0 fully saturated rings. The fraction of sp³-hybridized carbons (Fsp3) is 0.148. The number of anilines is 1. The van der Waals surface area contributed by atoms with E-state index in [1.54, 1.807) is 30.3 Å². The lowest BCUT2D eigenvalue weighted by atomic mass is 9.81. The summed E-state index contributed by atoms with van der Waals surface area (Å²) in [6.45, 7) is 1.84. The maximum atomic E-state index is 13.6. The quantitative estimate of drug-likeness (QED) is 0.344. The van der Waals surface area contributed by atoms with Crippen molar-refractivity contribution in [3.8, 4) is 5.75 Å². The van der Waals surface area contributed by atoms with Crippen molar-refractivity contribution in [3.63, 3.8) is 0 Å². The predicted molar refractivity (Wildman–Crippen MR) is 121 cm³/mol. The smallest absolute Gasteiger partial charge is 0.331 e. The topological polar surface area (TPSA) is 92.7 Å². The van der Waals surface area contributed by atoms with Gasteiger partial charge in [-0.15, -0.1) is 0 Å². The monoisotopic (exact) mass is 437 g/mol. The molecule has 33 heavy (non-hydrogen) atoms. The molecule has 6 rings (SSSR count). The summed E-state index contributed by atoms with van der Waals surface area (Å²) in [6.07, 6.45) is 1.36. The van der Waals surface area contributed by atoms with E-state index in [0.717, 1.165) is 16.7 Å². The highest BCUT2D eigenvalue weighted by Crippen LogP contribution is 2.45. The van der Waals surface area contributed by atoms with E-state index in [4.69, 9.17) is 4.74 Å². The SMILES string of the molecule is CC1=CC(=O)O[C@@H]1[C@H]1Nc2c(cc(O)c3c2C(=O)c2ccccc2C3=O)Cc2ccccc21. The van der Waals surface area contributed by atoms with Crippen LogP contribution in [0.2, 0.25) is 0 Å². The van der Waals surface area contributed by atoms with Gasteiger partial charge in [-0.2, -0.15) is 0 Å². The molecule has 0 saturated carbocycles. The van der Waals surface area contributed by atoms with Crippen LogP contribution in [-0.4, -0.2) is 28.7 Å². The van der Waals surface area contributed by atoms with Crippen LogP contribution in [0.5, 0.6) is 5.75 Å². The van der Waals surface area contributed by atoms with Crippen molar-refractivity contribution in [2.24, 2.45) is 0 Å². The second-order valence-corrected chi connectivity index (χ2v) is 8.63. The Balaban J connectivity index is 1.59. The average molecular weight is 437 g/mol. The van der Waals surface area contributed by atoms with E-state index in [-0.39, 0.29) is 34.0 Å². The van der Waals surface area contributed by atoms with Gasteiger partial charge in [0.15, 0.2) is 11.6 Å². The van der Waals surface area contributed by atoms with Crippen molar-refractivity contribution in [2.75, 3.05) is 5.32 Å². The summed E-state index contributed by atoms with van der Waals surface area (Å²) in [5.41, 5.74) is 4.65. The van der Waals surface area contributed by atoms with Crippen LogP contribution >= 0.6 is 0 Å². The molecule has 0 unspecified atom stereocenters. The first kappa shape index (κ1) is 19.5. The molecule has 0 saturated heterocycles. The van der Waals surface area contributed by atoms with Crippen molar-refractivity contribution in [3.05, 3.63) is 105 Å². The van der Waals surface area contributed by atoms with E-state index < -0.39 is 18.1 Å². The first-order valence-corrected chi connectivity index (χ1v) is 10.7. The van der Waals surface area contributed by atoms with Crippen LogP contribution in [-0.2, 0) is 16.0 Å². The van der Waals surface area contributed by atoms with Gasteiger partial charge in [0, 0.05) is 17.2 Å². The maximum absolute atomic E-state index is 13.6. The van der Waals surface area contributed by atoms with Crippen LogP contribution in [0.3, 0.4) is 0 Å². The minimum atomic E-state index is -0.560. The van der Waals surface area contributed by atoms with Crippen LogP contribution in [0.1, 0.15) is 61.5 Å². The second-order valence-electron chi connectivity index (χ2n) is 8.63. The Hall–Kier alpha value is -4.19. The number of esters is 1. The number of phenols is 1. The fourth-order valence-electron chi connectivity index (χ4n) is 5.16. The lowest BCUT2D eigenvalue weighted by Gasteiger charge is -2.29. The number of phenolic OH excluding ortho intramolecular Hbond substituents is 1. The van der Waals surface area contributed by atoms with Crippen molar-refractivity contribution in [1.29, 1.82) is 0 Å². The highest BCUT2D eigenvalue weighted by atomic mass is 16.5. The molecular formula is C27H19NO5. The molecule has 3 aromatic carbocycles. The Morgan fingerprint density at radius 2 is 1.58 bits per heavy atom. The molecule has 6 nitrogen and oxygen atoms in total. The third-order valence-corrected chi connectivity index (χ3v) is 6.67. The molecule has 0 aromatic heterocycles. The molecule has 0 amide bonds. The van der Waals surface area contributed by atoms with Crippen LogP contribution in [0.15, 0.2) is 66.2 Å². The van der Waals surface area contributed by atoms with E-state index in [9.17, 15) is 19.5 Å². The van der Waals surface area contributed by atoms with E-state index in [0.29, 0.717) is 23.2 Å². The first-order valence-electron chi connectivity index (χ1n) is 10.7. The summed E-state index contributed by atoms with van der Waals surface area (Å²) >= 11 is 0. The Bertz CT molecular complexity index is 1430. The lowest BCUT2D eigenvalue weighted by Crippen LogP contribution is -2.29. The number of ether oxygens (including phenoxy) is 1. The van der Waals surface area contributed by atoms with Crippen molar-refractivity contribution >= 4 is 23.2 Å². The highest BCUT2D eigenvalue weighted by Gasteiger charge is 2.40. The van der Waals surface area contributed by atoms with Gasteiger partial charge in [-0.25, -0.2) is 4.79 Å². The zero-order chi connectivity index (χ0) is 22.9. The van der Waals surface area contributed by atoms with E-state index in [2.05, 4.69) is 5.32 Å². The van der Waals surface area contributed by atoms with Crippen molar-refractivity contribution in [1.82, 2.24) is 0 Å². The van der Waals surface area contributed by atoms with E-state index >= 15 is 0 Å². The molecule has 0 spiro atoms. The van der Waals surface area contributed by atoms with E-state index in [1.807, 2.05) is 31.2 Å². The summed E-state index contributed by atoms with van der Waals surface area (Å²) in [7, 11) is 0. The molecule has 2 heterocycles. The Morgan fingerprint density at radius 1 is 0.909 bits per heavy atom. The molecule has 6 heteroatoms. The molecule has 3 aliphatic rings. The van der Waals surface area contributed by atoms with Crippen molar-refractivity contribution in [2.45, 2.75) is 25.5 Å². The maximum Gasteiger partial charge on any atom is 0.331 e. The third-order valence-electron chi connectivity index (χ3n) is 6.67. The van der Waals surface area contributed by atoms with Crippen LogP contribution in [0, 0.1) is 0 Å². The molecular weight excluding hydrogens is 418 g/mol. The summed E-state index contributed by atoms with van der Waals surface area (Å²) < 4.78 is 5.62. The Morgan fingerprint density at radius 3 is 2.27 bits per heavy atom. The van der Waals surface area contributed by atoms with Crippen molar-refractivity contribution < 1.29 is 24.2 Å². The highest BCUT2D eigenvalue weighted by molar-refractivity contribution is 6.31. The van der Waals surface area contributed by atoms with Crippen LogP contribution in [0.25, 0.3) is 0 Å². The second kappa shape index (κ2) is 6.90. The van der Waals surface area contributed by atoms with Gasteiger partial charge in [0.2, 0.25) is 0 Å². The number of aromatic hydroxyl groups is 1. The largest absolute Gasteiger partial charge is 0.507 e. The number of hydrogen-bond acceptors (Lipinski definition) is 6. The predicted octanol–water partition coefficient (Wildman–Crippen LogP) is 4.10. The normalized spacial score (nSPS) is 20.5. The van der Waals surface area contributed by atoms with Gasteiger partial charge in [0.05, 0.1) is 22.9 Å². The number of carbonyl (C=O) groups excluding carboxylic acids is 3. The number of carbonyl (C=O) groups is 3. The van der Waals surface area contributed by atoms with Crippen LogP contribution < -0.4 is 5.32 Å². The summed E-state index contributed by atoms with van der Waals surface area (Å²) in [6, 6.07) is 15.5. The summed E-state index contributed by atoms with van der Waals surface area (Å²) in [5.74, 6) is -1.32. The number of benzene rings is 3. The lowest BCUT2D eigenvalue weighted by molar-refractivity contribution is -0.139. The number of ketones is 2. The number of nitrogens with one attached hydrogen (secondary N) is 1. The zero-order valence-electron chi connectivity index (χ0n) is 17.7. The van der Waals surface area contributed by atoms with Gasteiger partial charge in [-0.3, -0.25) is 9.59 Å². The fourth-order valence-corrected chi connectivity index (χ4v) is 5.16. The van der Waals surface area contributed by atoms with Gasteiger partial charge >= 0.3 is 5.97 Å². The minimum Gasteiger partial charge on any atom is -0.507 e. The molecule has 0 bridgehead atoms.